The van der Waals surface area contributed by atoms with E-state index in [1.807, 2.05) is 0 Å². The second-order valence-electron chi connectivity index (χ2n) is 8.57. The molecule has 38 heavy (non-hydrogen) atoms. The molecule has 1 aromatic carbocycles. The van der Waals surface area contributed by atoms with Gasteiger partial charge in [0.1, 0.15) is 18.7 Å². The summed E-state index contributed by atoms with van der Waals surface area (Å²) in [4.78, 5) is 60.8. The molecule has 3 atom stereocenters. The molecule has 0 radical (unpaired) electrons. The fraction of sp³-hybridized carbons (Fsp3) is 0.375. The molecule has 208 valence electrons. The second-order valence-corrected chi connectivity index (χ2v) is 10.5. The maximum atomic E-state index is 13.0. The van der Waals surface area contributed by atoms with Crippen LogP contribution in [0, 0.1) is 5.92 Å². The number of carbonyl (C=O) groups excluding carboxylic acids is 3. The first kappa shape index (κ1) is 31.8. The number of ether oxygens (including phenoxy) is 1. The zero-order valence-electron chi connectivity index (χ0n) is 21.0. The smallest absolute Gasteiger partial charge is 0.408 e. The molecular weight excluding hydrogens is 522 g/mol. The highest BCUT2D eigenvalue weighted by Crippen LogP contribution is 2.09. The highest BCUT2D eigenvalue weighted by Gasteiger charge is 2.33. The average molecular weight is 554 g/mol. The predicted molar refractivity (Wildman–Crippen MR) is 135 cm³/mol. The van der Waals surface area contributed by atoms with E-state index in [0.717, 1.165) is 17.7 Å². The van der Waals surface area contributed by atoms with Crippen molar-refractivity contribution in [2.45, 2.75) is 45.0 Å². The lowest BCUT2D eigenvalue weighted by Gasteiger charge is -2.26. The normalized spacial score (nSPS) is 13.7. The summed E-state index contributed by atoms with van der Waals surface area (Å²) in [6.45, 7) is 6.24. The minimum absolute atomic E-state index is 0.163. The lowest BCUT2D eigenvalue weighted by molar-refractivity contribution is -0.137. The lowest BCUT2D eigenvalue weighted by Crippen LogP contribution is -2.57. The number of aliphatic carboxylic acids is 2. The molecule has 1 aromatic rings. The van der Waals surface area contributed by atoms with Gasteiger partial charge < -0.3 is 30.9 Å². The molecule has 0 spiro atoms. The zero-order chi connectivity index (χ0) is 29.0. The molecule has 3 amide bonds. The summed E-state index contributed by atoms with van der Waals surface area (Å²) >= 11 is 0. The molecule has 0 fully saturated rings. The van der Waals surface area contributed by atoms with E-state index in [9.17, 15) is 37.5 Å². The number of carbonyl (C=O) groups is 5. The van der Waals surface area contributed by atoms with E-state index in [-0.39, 0.29) is 6.61 Å². The summed E-state index contributed by atoms with van der Waals surface area (Å²) in [7, 11) is -3.62. The monoisotopic (exact) mass is 553 g/mol. The first-order valence-corrected chi connectivity index (χ1v) is 13.2. The maximum absolute atomic E-state index is 13.0. The van der Waals surface area contributed by atoms with E-state index in [2.05, 4.69) is 22.5 Å². The van der Waals surface area contributed by atoms with Crippen molar-refractivity contribution in [3.8, 4) is 0 Å². The Morgan fingerprint density at radius 2 is 1.61 bits per heavy atom. The molecule has 0 bridgehead atoms. The molecule has 3 unspecified atom stereocenters. The maximum Gasteiger partial charge on any atom is 0.408 e. The van der Waals surface area contributed by atoms with Gasteiger partial charge in [0.2, 0.25) is 11.8 Å². The van der Waals surface area contributed by atoms with Crippen LogP contribution in [0.4, 0.5) is 4.79 Å². The fourth-order valence-electron chi connectivity index (χ4n) is 2.95. The molecule has 0 aliphatic carbocycles. The number of rotatable bonds is 14. The topological polar surface area (TPSA) is 205 Å². The Morgan fingerprint density at radius 1 is 1.00 bits per heavy atom. The summed E-state index contributed by atoms with van der Waals surface area (Å²) < 4.78 is 27.8. The van der Waals surface area contributed by atoms with Crippen molar-refractivity contribution in [3.05, 3.63) is 59.5 Å². The van der Waals surface area contributed by atoms with Crippen LogP contribution in [-0.2, 0) is 40.4 Å². The Morgan fingerprint density at radius 3 is 2.11 bits per heavy atom. The minimum atomic E-state index is -3.62. The zero-order valence-corrected chi connectivity index (χ0v) is 21.9. The van der Waals surface area contributed by atoms with Gasteiger partial charge in [0.25, 0.3) is 0 Å². The largest absolute Gasteiger partial charge is 0.481 e. The van der Waals surface area contributed by atoms with Gasteiger partial charge in [0.05, 0.1) is 18.0 Å². The van der Waals surface area contributed by atoms with Crippen LogP contribution in [-0.4, -0.2) is 72.9 Å². The molecule has 14 heteroatoms. The Labute approximate surface area is 219 Å². The number of hydrogen-bond acceptors (Lipinski definition) is 8. The van der Waals surface area contributed by atoms with Crippen molar-refractivity contribution in [1.82, 2.24) is 16.0 Å². The van der Waals surface area contributed by atoms with E-state index < -0.39 is 75.7 Å². The summed E-state index contributed by atoms with van der Waals surface area (Å²) in [5.74, 6) is -5.47. The number of carboxylic acids is 2. The van der Waals surface area contributed by atoms with Crippen LogP contribution in [0.5, 0.6) is 0 Å². The Balaban J connectivity index is 3.04. The number of hydrogen-bond donors (Lipinski definition) is 5. The van der Waals surface area contributed by atoms with Crippen molar-refractivity contribution in [3.63, 3.8) is 0 Å². The fourth-order valence-corrected chi connectivity index (χ4v) is 3.43. The molecule has 0 aliphatic rings. The first-order valence-electron chi connectivity index (χ1n) is 11.2. The van der Waals surface area contributed by atoms with Gasteiger partial charge in [-0.05, 0) is 11.5 Å². The Hall–Kier alpha value is -4.20. The first-order chi connectivity index (χ1) is 17.6. The van der Waals surface area contributed by atoms with Crippen LogP contribution in [0.2, 0.25) is 0 Å². The molecule has 0 saturated heterocycles. The number of nitrogens with one attached hydrogen (secondary N) is 3. The Bertz CT molecular complexity index is 1180. The number of alkyl carbamates (subject to hydrolysis) is 1. The number of amides is 3. The van der Waals surface area contributed by atoms with Crippen molar-refractivity contribution in [2.75, 3.05) is 6.26 Å². The van der Waals surface area contributed by atoms with E-state index in [0.29, 0.717) is 5.56 Å². The molecule has 0 aliphatic heterocycles. The predicted octanol–water partition coefficient (Wildman–Crippen LogP) is 0.581. The van der Waals surface area contributed by atoms with E-state index in [1.54, 1.807) is 44.2 Å². The van der Waals surface area contributed by atoms with Gasteiger partial charge in [-0.1, -0.05) is 56.8 Å². The summed E-state index contributed by atoms with van der Waals surface area (Å²) in [6.07, 6.45) is 0.103. The highest BCUT2D eigenvalue weighted by atomic mass is 32.2. The van der Waals surface area contributed by atoms with Gasteiger partial charge in [-0.2, -0.15) is 0 Å². The third-order valence-corrected chi connectivity index (χ3v) is 5.54. The van der Waals surface area contributed by atoms with Crippen LogP contribution in [0.1, 0.15) is 25.8 Å². The van der Waals surface area contributed by atoms with Crippen molar-refractivity contribution in [1.29, 1.82) is 0 Å². The molecule has 1 rings (SSSR count). The lowest BCUT2D eigenvalue weighted by atomic mass is 10.0. The van der Waals surface area contributed by atoms with Gasteiger partial charge in [-0.15, -0.1) is 0 Å². The molecule has 0 aromatic heterocycles. The number of carboxylic acid groups (broad SMARTS) is 2. The summed E-state index contributed by atoms with van der Waals surface area (Å²) in [6, 6.07) is 4.19. The molecule has 0 heterocycles. The van der Waals surface area contributed by atoms with Crippen LogP contribution < -0.4 is 16.0 Å². The van der Waals surface area contributed by atoms with Gasteiger partial charge in [-0.3, -0.25) is 14.4 Å². The SMILES string of the molecule is C=C(C(=O)O)C(NC(=O)OCc1ccccc1)C(=O)NC(C(=O)NC(C=CS(C)(=O)=O)CC(=O)O)C(C)C. The molecule has 5 N–H and O–H groups in total. The van der Waals surface area contributed by atoms with E-state index >= 15 is 0 Å². The quantitative estimate of drug-likeness (QED) is 0.203. The summed E-state index contributed by atoms with van der Waals surface area (Å²) in [5.41, 5.74) is -0.0694. The highest BCUT2D eigenvalue weighted by molar-refractivity contribution is 7.93. The molecule has 0 saturated carbocycles. The van der Waals surface area contributed by atoms with E-state index in [1.165, 1.54) is 0 Å². The van der Waals surface area contributed by atoms with Crippen LogP contribution in [0.15, 0.2) is 54.0 Å². The van der Waals surface area contributed by atoms with Gasteiger partial charge >= 0.3 is 18.0 Å². The summed E-state index contributed by atoms with van der Waals surface area (Å²) in [5, 5.41) is 25.9. The van der Waals surface area contributed by atoms with Gasteiger partial charge in [0, 0.05) is 11.7 Å². The minimum Gasteiger partial charge on any atom is -0.481 e. The van der Waals surface area contributed by atoms with Crippen LogP contribution >= 0.6 is 0 Å². The van der Waals surface area contributed by atoms with Crippen molar-refractivity contribution >= 4 is 39.7 Å². The second kappa shape index (κ2) is 14.5. The number of sulfone groups is 1. The standard InChI is InChI=1S/C24H31N3O10S/c1-14(2)19(21(30)25-17(12-18(28)29)10-11-38(4,35)36)26-22(31)20(15(3)23(32)33)27-24(34)37-13-16-8-6-5-7-9-16/h5-11,14,17,19-20H,3,12-13H2,1-2,4H3,(H,25,30)(H,26,31)(H,27,34)(H,28,29)(H,32,33). The van der Waals surface area contributed by atoms with Crippen molar-refractivity contribution < 1.29 is 47.3 Å². The van der Waals surface area contributed by atoms with E-state index in [4.69, 9.17) is 9.84 Å². The van der Waals surface area contributed by atoms with Crippen molar-refractivity contribution in [2.24, 2.45) is 5.92 Å². The van der Waals surface area contributed by atoms with Crippen LogP contribution in [0.25, 0.3) is 0 Å². The molecular formula is C24H31N3O10S. The Kier molecular flexibility index (Phi) is 12.2. The van der Waals surface area contributed by atoms with Gasteiger partial charge in [-0.25, -0.2) is 18.0 Å². The molecule has 13 nitrogen and oxygen atoms in total. The third kappa shape index (κ3) is 11.7. The van der Waals surface area contributed by atoms with Crippen LogP contribution in [0.3, 0.4) is 0 Å². The average Bonchev–Trinajstić information content (AvgIpc) is 2.82. The number of benzene rings is 1. The van der Waals surface area contributed by atoms with Gasteiger partial charge in [0.15, 0.2) is 9.84 Å². The third-order valence-electron chi connectivity index (χ3n) is 4.89.